The lowest BCUT2D eigenvalue weighted by molar-refractivity contribution is -0.135. The summed E-state index contributed by atoms with van der Waals surface area (Å²) in [6.07, 6.45) is 3.00. The molecule has 6 rings (SSSR count). The summed E-state index contributed by atoms with van der Waals surface area (Å²) in [4.78, 5) is 32.2. The molecule has 0 spiro atoms. The van der Waals surface area contributed by atoms with E-state index in [1.165, 1.54) is 4.88 Å². The van der Waals surface area contributed by atoms with Crippen molar-refractivity contribution in [2.75, 3.05) is 33.0 Å². The minimum Gasteiger partial charge on any atom is -0.491 e. The first-order chi connectivity index (χ1) is 18.1. The number of thiophene rings is 1. The van der Waals surface area contributed by atoms with Gasteiger partial charge in [0.05, 0.1) is 6.04 Å². The fraction of sp³-hybridized carbons (Fsp3) is 0.379. The standard InChI is InChI=1S/C29H30N2O5S/c1-19-4-2-3-5-24(19)34-17-23-22-11-13-37-27(22)10-12-31(23)28(32)16-30(15-20-6-7-20)29(33)21-8-9-25-26(14-21)36-18-35-25/h2-5,8-9,11,13-14,20,23H,6-7,10,12,15-18H2,1H3. The molecule has 0 saturated heterocycles. The van der Waals surface area contributed by atoms with Crippen molar-refractivity contribution in [3.8, 4) is 17.2 Å². The Balaban J connectivity index is 1.21. The Kier molecular flexibility index (Phi) is 6.50. The molecule has 1 saturated carbocycles. The summed E-state index contributed by atoms with van der Waals surface area (Å²) in [5.74, 6) is 2.28. The maximum atomic E-state index is 13.8. The molecule has 7 nitrogen and oxygen atoms in total. The van der Waals surface area contributed by atoms with Crippen molar-refractivity contribution in [2.45, 2.75) is 32.2 Å². The van der Waals surface area contributed by atoms with Gasteiger partial charge in [0.25, 0.3) is 5.91 Å². The molecule has 0 N–H and O–H groups in total. The van der Waals surface area contributed by atoms with Crippen molar-refractivity contribution in [1.82, 2.24) is 9.80 Å². The molecular weight excluding hydrogens is 488 g/mol. The Morgan fingerprint density at radius 3 is 2.78 bits per heavy atom. The molecule has 3 aliphatic rings. The van der Waals surface area contributed by atoms with E-state index in [1.807, 2.05) is 36.1 Å². The third-order valence-corrected chi connectivity index (χ3v) is 8.31. The van der Waals surface area contributed by atoms with E-state index in [4.69, 9.17) is 14.2 Å². The van der Waals surface area contributed by atoms with Crippen molar-refractivity contribution < 1.29 is 23.8 Å². The number of hydrogen-bond donors (Lipinski definition) is 0. The van der Waals surface area contributed by atoms with Crippen molar-refractivity contribution >= 4 is 23.2 Å². The normalized spacial score (nSPS) is 17.9. The first kappa shape index (κ1) is 23.9. The number of nitrogens with zero attached hydrogens (tertiary/aromatic N) is 2. The van der Waals surface area contributed by atoms with Crippen LogP contribution in [-0.4, -0.2) is 54.6 Å². The molecule has 1 fully saturated rings. The first-order valence-electron chi connectivity index (χ1n) is 12.8. The number of benzene rings is 2. The zero-order valence-electron chi connectivity index (χ0n) is 20.9. The fourth-order valence-electron chi connectivity index (χ4n) is 5.06. The van der Waals surface area contributed by atoms with Gasteiger partial charge in [-0.05, 0) is 78.9 Å². The Morgan fingerprint density at radius 1 is 1.11 bits per heavy atom. The molecular formula is C29H30N2O5S. The van der Waals surface area contributed by atoms with Gasteiger partial charge in [0.2, 0.25) is 12.7 Å². The SMILES string of the molecule is Cc1ccccc1OCC1c2ccsc2CCN1C(=O)CN(CC1CC1)C(=O)c1ccc2c(c1)OCO2. The highest BCUT2D eigenvalue weighted by Crippen LogP contribution is 2.36. The van der Waals surface area contributed by atoms with E-state index in [0.29, 0.717) is 42.7 Å². The van der Waals surface area contributed by atoms with Gasteiger partial charge in [-0.1, -0.05) is 18.2 Å². The Hall–Kier alpha value is -3.52. The number of amides is 2. The lowest BCUT2D eigenvalue weighted by Crippen LogP contribution is -2.48. The second-order valence-corrected chi connectivity index (χ2v) is 10.9. The molecule has 1 aromatic heterocycles. The largest absolute Gasteiger partial charge is 0.491 e. The van der Waals surface area contributed by atoms with Gasteiger partial charge in [-0.3, -0.25) is 9.59 Å². The van der Waals surface area contributed by atoms with E-state index in [2.05, 4.69) is 11.4 Å². The van der Waals surface area contributed by atoms with Gasteiger partial charge < -0.3 is 24.0 Å². The summed E-state index contributed by atoms with van der Waals surface area (Å²) in [6, 6.07) is 15.1. The lowest BCUT2D eigenvalue weighted by atomic mass is 10.00. The van der Waals surface area contributed by atoms with Gasteiger partial charge in [-0.2, -0.15) is 0 Å². The molecule has 2 amide bonds. The molecule has 1 aliphatic carbocycles. The van der Waals surface area contributed by atoms with Crippen LogP contribution in [0.15, 0.2) is 53.9 Å². The first-order valence-corrected chi connectivity index (χ1v) is 13.7. The average Bonchev–Trinajstić information content (AvgIpc) is 3.38. The second kappa shape index (κ2) is 10.1. The number of carbonyl (C=O) groups is 2. The van der Waals surface area contributed by atoms with Crippen LogP contribution in [0.4, 0.5) is 0 Å². The summed E-state index contributed by atoms with van der Waals surface area (Å²) >= 11 is 1.73. The van der Waals surface area contributed by atoms with Crippen LogP contribution >= 0.6 is 11.3 Å². The van der Waals surface area contributed by atoms with Crippen LogP contribution in [-0.2, 0) is 11.2 Å². The van der Waals surface area contributed by atoms with Crippen LogP contribution < -0.4 is 14.2 Å². The zero-order valence-corrected chi connectivity index (χ0v) is 21.7. The third-order valence-electron chi connectivity index (χ3n) is 7.31. The minimum atomic E-state index is -0.189. The number of fused-ring (bicyclic) bond motifs is 2. The van der Waals surface area contributed by atoms with Crippen LogP contribution in [0.1, 0.15) is 45.2 Å². The molecule has 2 aliphatic heterocycles. The van der Waals surface area contributed by atoms with E-state index < -0.39 is 0 Å². The molecule has 37 heavy (non-hydrogen) atoms. The molecule has 1 unspecified atom stereocenters. The van der Waals surface area contributed by atoms with E-state index in [9.17, 15) is 9.59 Å². The quantitative estimate of drug-likeness (QED) is 0.427. The summed E-state index contributed by atoms with van der Waals surface area (Å²) in [7, 11) is 0. The number of carbonyl (C=O) groups excluding carboxylic acids is 2. The molecule has 8 heteroatoms. The highest BCUT2D eigenvalue weighted by molar-refractivity contribution is 7.10. The van der Waals surface area contributed by atoms with E-state index in [0.717, 1.165) is 36.1 Å². The number of para-hydroxylation sites is 1. The van der Waals surface area contributed by atoms with Crippen LogP contribution in [0.2, 0.25) is 0 Å². The molecule has 192 valence electrons. The van der Waals surface area contributed by atoms with Gasteiger partial charge in [-0.25, -0.2) is 0 Å². The van der Waals surface area contributed by atoms with Crippen molar-refractivity contribution in [3.05, 3.63) is 75.5 Å². The van der Waals surface area contributed by atoms with E-state index in [1.54, 1.807) is 34.4 Å². The van der Waals surface area contributed by atoms with Gasteiger partial charge in [0, 0.05) is 23.5 Å². The average molecular weight is 519 g/mol. The minimum absolute atomic E-state index is 0.0457. The number of hydrogen-bond acceptors (Lipinski definition) is 6. The molecule has 3 aromatic rings. The smallest absolute Gasteiger partial charge is 0.254 e. The van der Waals surface area contributed by atoms with Gasteiger partial charge >= 0.3 is 0 Å². The van der Waals surface area contributed by atoms with Crippen LogP contribution in [0.5, 0.6) is 17.2 Å². The fourth-order valence-corrected chi connectivity index (χ4v) is 5.99. The molecule has 1 atom stereocenters. The topological polar surface area (TPSA) is 68.3 Å². The number of ether oxygens (including phenoxy) is 3. The Labute approximate surface area is 220 Å². The molecule has 2 aromatic carbocycles. The maximum absolute atomic E-state index is 13.8. The van der Waals surface area contributed by atoms with Gasteiger partial charge in [0.15, 0.2) is 11.5 Å². The maximum Gasteiger partial charge on any atom is 0.254 e. The monoisotopic (exact) mass is 518 g/mol. The zero-order chi connectivity index (χ0) is 25.4. The highest BCUT2D eigenvalue weighted by Gasteiger charge is 2.35. The van der Waals surface area contributed by atoms with Crippen LogP contribution in [0.3, 0.4) is 0 Å². The predicted molar refractivity (Wildman–Crippen MR) is 140 cm³/mol. The van der Waals surface area contributed by atoms with Crippen molar-refractivity contribution in [2.24, 2.45) is 5.92 Å². The highest BCUT2D eigenvalue weighted by atomic mass is 32.1. The summed E-state index contributed by atoms with van der Waals surface area (Å²) in [6.45, 7) is 3.79. The van der Waals surface area contributed by atoms with Crippen LogP contribution in [0, 0.1) is 12.8 Å². The van der Waals surface area contributed by atoms with Crippen molar-refractivity contribution in [1.29, 1.82) is 0 Å². The van der Waals surface area contributed by atoms with E-state index in [-0.39, 0.29) is 31.2 Å². The number of aryl methyl sites for hydroxylation is 1. The van der Waals surface area contributed by atoms with Crippen LogP contribution in [0.25, 0.3) is 0 Å². The molecule has 0 radical (unpaired) electrons. The van der Waals surface area contributed by atoms with Crippen molar-refractivity contribution in [3.63, 3.8) is 0 Å². The Morgan fingerprint density at radius 2 is 1.95 bits per heavy atom. The summed E-state index contributed by atoms with van der Waals surface area (Å²) in [5, 5.41) is 2.09. The van der Waals surface area contributed by atoms with E-state index >= 15 is 0 Å². The molecule has 0 bridgehead atoms. The van der Waals surface area contributed by atoms with Gasteiger partial charge in [0.1, 0.15) is 18.9 Å². The second-order valence-electron chi connectivity index (χ2n) is 9.93. The summed E-state index contributed by atoms with van der Waals surface area (Å²) in [5.41, 5.74) is 2.72. The predicted octanol–water partition coefficient (Wildman–Crippen LogP) is 4.84. The third kappa shape index (κ3) is 5.03. The lowest BCUT2D eigenvalue weighted by Gasteiger charge is -2.37. The summed E-state index contributed by atoms with van der Waals surface area (Å²) < 4.78 is 17.1. The molecule has 3 heterocycles. The number of rotatable bonds is 8. The Bertz CT molecular complexity index is 1320. The van der Waals surface area contributed by atoms with Gasteiger partial charge in [-0.15, -0.1) is 11.3 Å².